The van der Waals surface area contributed by atoms with E-state index in [0.717, 1.165) is 25.9 Å². The number of hydrogen-bond acceptors (Lipinski definition) is 4. The van der Waals surface area contributed by atoms with E-state index in [0.29, 0.717) is 5.39 Å². The molecule has 0 bridgehead atoms. The van der Waals surface area contributed by atoms with Crippen molar-refractivity contribution < 1.29 is 25.8 Å². The second-order valence-electron chi connectivity index (χ2n) is 5.86. The molecule has 3 aromatic carbocycles. The van der Waals surface area contributed by atoms with Crippen molar-refractivity contribution in [1.29, 1.82) is 0 Å². The smallest absolute Gasteiger partial charge is 0.376 e. The monoisotopic (exact) mass is 408 g/mol. The van der Waals surface area contributed by atoms with Gasteiger partial charge < -0.3 is 4.18 Å². The third-order valence-electron chi connectivity index (χ3n) is 4.01. The molecule has 138 valence electrons. The third-order valence-corrected chi connectivity index (χ3v) is 6.16. The van der Waals surface area contributed by atoms with E-state index in [1.165, 1.54) is 18.2 Å². The van der Waals surface area contributed by atoms with Gasteiger partial charge in [-0.2, -0.15) is 21.6 Å². The largest absolute Gasteiger partial charge is 0.534 e. The molecule has 4 rings (SSSR count). The second-order valence-corrected chi connectivity index (χ2v) is 8.48. The molecule has 0 atom stereocenters. The normalized spacial score (nSPS) is 12.6. The fourth-order valence-corrected chi connectivity index (χ4v) is 4.24. The summed E-state index contributed by atoms with van der Waals surface area (Å²) in [6, 6.07) is 19.6. The Hall–Kier alpha value is -2.58. The maximum Gasteiger partial charge on any atom is 0.534 e. The zero-order valence-corrected chi connectivity index (χ0v) is 15.2. The lowest BCUT2D eigenvalue weighted by Crippen LogP contribution is -2.28. The van der Waals surface area contributed by atoms with Gasteiger partial charge in [0, 0.05) is 9.58 Å². The van der Waals surface area contributed by atoms with Crippen LogP contribution in [0.5, 0.6) is 5.75 Å². The summed E-state index contributed by atoms with van der Waals surface area (Å²) < 4.78 is 65.0. The van der Waals surface area contributed by atoms with E-state index >= 15 is 0 Å². The number of hydrogen-bond donors (Lipinski definition) is 0. The van der Waals surface area contributed by atoms with Crippen LogP contribution in [0.15, 0.2) is 66.7 Å². The van der Waals surface area contributed by atoms with E-state index in [9.17, 15) is 21.6 Å². The molecule has 0 amide bonds. The van der Waals surface area contributed by atoms with Crippen LogP contribution < -0.4 is 4.18 Å². The minimum absolute atomic E-state index is 0.380. The molecule has 0 spiro atoms. The molecule has 4 aromatic rings. The lowest BCUT2D eigenvalue weighted by molar-refractivity contribution is -0.0500. The maximum atomic E-state index is 12.4. The Labute approximate surface area is 156 Å². The van der Waals surface area contributed by atoms with Gasteiger partial charge in [0.2, 0.25) is 0 Å². The molecule has 0 aliphatic rings. The highest BCUT2D eigenvalue weighted by molar-refractivity contribution is 7.88. The first-order chi connectivity index (χ1) is 12.7. The van der Waals surface area contributed by atoms with E-state index in [1.54, 1.807) is 17.4 Å². The molecule has 0 aliphatic heterocycles. The summed E-state index contributed by atoms with van der Waals surface area (Å²) in [5.41, 5.74) is -4.49. The molecule has 8 heteroatoms. The summed E-state index contributed by atoms with van der Waals surface area (Å²) in [5.74, 6) is -0.380. The van der Waals surface area contributed by atoms with Gasteiger partial charge in [0.1, 0.15) is 5.75 Å². The van der Waals surface area contributed by atoms with Crippen molar-refractivity contribution in [2.45, 2.75) is 5.51 Å². The Morgan fingerprint density at radius 3 is 2.26 bits per heavy atom. The number of halogens is 3. The summed E-state index contributed by atoms with van der Waals surface area (Å²) in [6.07, 6.45) is 0. The van der Waals surface area contributed by atoms with Gasteiger partial charge in [-0.15, -0.1) is 11.3 Å². The van der Waals surface area contributed by atoms with Crippen LogP contribution in [0.4, 0.5) is 13.2 Å². The van der Waals surface area contributed by atoms with Gasteiger partial charge >= 0.3 is 15.6 Å². The summed E-state index contributed by atoms with van der Waals surface area (Å²) in [4.78, 5) is 1.07. The Morgan fingerprint density at radius 1 is 0.815 bits per heavy atom. The molecule has 0 unspecified atom stereocenters. The summed E-state index contributed by atoms with van der Waals surface area (Å²) >= 11 is 1.64. The minimum Gasteiger partial charge on any atom is -0.376 e. The van der Waals surface area contributed by atoms with Gasteiger partial charge in [0.15, 0.2) is 0 Å². The van der Waals surface area contributed by atoms with Crippen LogP contribution >= 0.6 is 11.3 Å². The van der Waals surface area contributed by atoms with Gasteiger partial charge in [-0.3, -0.25) is 0 Å². The predicted octanol–water partition coefficient (Wildman–Crippen LogP) is 5.95. The lowest BCUT2D eigenvalue weighted by Gasteiger charge is -2.10. The van der Waals surface area contributed by atoms with Crippen LogP contribution in [-0.2, 0) is 10.1 Å². The topological polar surface area (TPSA) is 43.4 Å². The molecule has 0 aliphatic carbocycles. The Bertz CT molecular complexity index is 1230. The zero-order chi connectivity index (χ0) is 19.2. The molecule has 0 N–H and O–H groups in total. The highest BCUT2D eigenvalue weighted by atomic mass is 32.2. The number of fused-ring (bicyclic) bond motifs is 2. The number of thiophene rings is 1. The third kappa shape index (κ3) is 3.38. The van der Waals surface area contributed by atoms with Crippen molar-refractivity contribution >= 4 is 42.3 Å². The maximum absolute atomic E-state index is 12.4. The molecule has 0 saturated heterocycles. The van der Waals surface area contributed by atoms with Crippen LogP contribution in [-0.4, -0.2) is 13.9 Å². The van der Waals surface area contributed by atoms with Gasteiger partial charge in [0.05, 0.1) is 0 Å². The van der Waals surface area contributed by atoms with Gasteiger partial charge in [0.25, 0.3) is 0 Å². The van der Waals surface area contributed by atoms with Crippen molar-refractivity contribution in [1.82, 2.24) is 0 Å². The van der Waals surface area contributed by atoms with Crippen LogP contribution in [0.25, 0.3) is 31.3 Å². The molecule has 0 fully saturated rings. The Balaban J connectivity index is 1.70. The number of rotatable bonds is 3. The first kappa shape index (κ1) is 17.8. The van der Waals surface area contributed by atoms with Crippen molar-refractivity contribution in [3.63, 3.8) is 0 Å². The van der Waals surface area contributed by atoms with Crippen LogP contribution in [0.1, 0.15) is 0 Å². The Morgan fingerprint density at radius 2 is 1.52 bits per heavy atom. The second kappa shape index (κ2) is 6.24. The highest BCUT2D eigenvalue weighted by Crippen LogP contribution is 2.35. The molecule has 1 aromatic heterocycles. The molecule has 0 radical (unpaired) electrons. The Kier molecular flexibility index (Phi) is 4.12. The van der Waals surface area contributed by atoms with E-state index in [4.69, 9.17) is 0 Å². The first-order valence-corrected chi connectivity index (χ1v) is 9.99. The predicted molar refractivity (Wildman–Crippen MR) is 100 cm³/mol. The number of alkyl halides is 3. The lowest BCUT2D eigenvalue weighted by atomic mass is 10.1. The highest BCUT2D eigenvalue weighted by Gasteiger charge is 2.48. The van der Waals surface area contributed by atoms with Crippen molar-refractivity contribution in [3.05, 3.63) is 66.7 Å². The van der Waals surface area contributed by atoms with E-state index in [-0.39, 0.29) is 5.75 Å². The average Bonchev–Trinajstić information content (AvgIpc) is 3.04. The molecule has 1 heterocycles. The van der Waals surface area contributed by atoms with Gasteiger partial charge in [-0.1, -0.05) is 36.4 Å². The fourth-order valence-electron chi connectivity index (χ4n) is 2.73. The van der Waals surface area contributed by atoms with Crippen molar-refractivity contribution in [2.24, 2.45) is 0 Å². The summed E-state index contributed by atoms with van der Waals surface area (Å²) in [6.45, 7) is 0. The molecular formula is C19H11F3O3S2. The van der Waals surface area contributed by atoms with E-state index < -0.39 is 15.6 Å². The van der Waals surface area contributed by atoms with Crippen LogP contribution in [0.2, 0.25) is 0 Å². The van der Waals surface area contributed by atoms with E-state index in [2.05, 4.69) is 10.2 Å². The average molecular weight is 408 g/mol. The zero-order valence-electron chi connectivity index (χ0n) is 13.5. The van der Waals surface area contributed by atoms with Crippen LogP contribution in [0.3, 0.4) is 0 Å². The van der Waals surface area contributed by atoms with Crippen molar-refractivity contribution in [3.8, 4) is 16.2 Å². The molecule has 0 saturated carbocycles. The first-order valence-electron chi connectivity index (χ1n) is 7.76. The summed E-state index contributed by atoms with van der Waals surface area (Å²) in [5, 5.41) is 2.48. The van der Waals surface area contributed by atoms with Crippen LogP contribution in [0, 0.1) is 0 Å². The molecular weight excluding hydrogens is 397 g/mol. The van der Waals surface area contributed by atoms with Gasteiger partial charge in [-0.25, -0.2) is 0 Å². The van der Waals surface area contributed by atoms with Crippen molar-refractivity contribution in [2.75, 3.05) is 0 Å². The van der Waals surface area contributed by atoms with E-state index in [1.807, 2.05) is 36.4 Å². The summed E-state index contributed by atoms with van der Waals surface area (Å²) in [7, 11) is -5.68. The standard InChI is InChI=1S/C19H11F3O3S2/c20-19(21,22)27(23,24)25-16-8-7-12-9-15(6-5-13(12)10-16)18-11-14-3-1-2-4-17(14)26-18/h1-11H. The quantitative estimate of drug-likeness (QED) is 0.311. The minimum atomic E-state index is -5.68. The fraction of sp³-hybridized carbons (Fsp3) is 0.0526. The molecule has 27 heavy (non-hydrogen) atoms. The van der Waals surface area contributed by atoms with Gasteiger partial charge in [-0.05, 0) is 52.1 Å². The molecule has 3 nitrogen and oxygen atoms in total. The SMILES string of the molecule is O=S(=O)(Oc1ccc2cc(-c3cc4ccccc4s3)ccc2c1)C(F)(F)F. The number of benzene rings is 3.